The molecule has 0 aromatic rings. The van der Waals surface area contributed by atoms with Crippen molar-refractivity contribution in [2.24, 2.45) is 16.6 Å². The van der Waals surface area contributed by atoms with Gasteiger partial charge < -0.3 is 10.6 Å². The topological polar surface area (TPSA) is 41.6 Å². The predicted molar refractivity (Wildman–Crippen MR) is 94.6 cm³/mol. The molecule has 120 valence electrons. The second-order valence-corrected chi connectivity index (χ2v) is 7.96. The van der Waals surface area contributed by atoms with Gasteiger partial charge in [0.1, 0.15) is 7.85 Å². The normalized spacial score (nSPS) is 36.7. The highest BCUT2D eigenvalue weighted by molar-refractivity contribution is 6.15. The summed E-state index contributed by atoms with van der Waals surface area (Å²) >= 11 is 0. The molecule has 1 saturated carbocycles. The first-order valence-electron chi connectivity index (χ1n) is 8.97. The quantitative estimate of drug-likeness (QED) is 0.794. The highest BCUT2D eigenvalue weighted by atomic mass is 15.3. The molecule has 1 saturated heterocycles. The molecule has 3 nitrogen and oxygen atoms in total. The SMILES string of the molecule is BC1(N)CCCCCC2C1CC/C(=N/C(C)C)N2C(C)C. The first-order valence-corrected chi connectivity index (χ1v) is 8.97. The van der Waals surface area contributed by atoms with E-state index >= 15 is 0 Å². The largest absolute Gasteiger partial charge is 0.355 e. The lowest BCUT2D eigenvalue weighted by molar-refractivity contribution is 0.103. The summed E-state index contributed by atoms with van der Waals surface area (Å²) in [6.07, 6.45) is 8.75. The average molecular weight is 291 g/mol. The van der Waals surface area contributed by atoms with Crippen LogP contribution in [0.4, 0.5) is 0 Å². The van der Waals surface area contributed by atoms with Crippen LogP contribution in [0.15, 0.2) is 4.99 Å². The number of aliphatic imine (C=N–C) groups is 1. The van der Waals surface area contributed by atoms with Gasteiger partial charge in [0.05, 0.1) is 5.84 Å². The Hall–Kier alpha value is -0.505. The van der Waals surface area contributed by atoms with Crippen LogP contribution in [0.2, 0.25) is 0 Å². The Bertz CT molecular complexity index is 376. The zero-order valence-electron chi connectivity index (χ0n) is 14.7. The van der Waals surface area contributed by atoms with Gasteiger partial charge in [0.25, 0.3) is 0 Å². The Morgan fingerprint density at radius 1 is 1.19 bits per heavy atom. The van der Waals surface area contributed by atoms with Crippen molar-refractivity contribution < 1.29 is 0 Å². The molecule has 3 unspecified atom stereocenters. The minimum absolute atomic E-state index is 0.0123. The van der Waals surface area contributed by atoms with Crippen LogP contribution >= 0.6 is 0 Å². The van der Waals surface area contributed by atoms with Crippen LogP contribution in [0.5, 0.6) is 0 Å². The summed E-state index contributed by atoms with van der Waals surface area (Å²) < 4.78 is 0. The van der Waals surface area contributed by atoms with E-state index in [1.165, 1.54) is 44.4 Å². The molecule has 1 aliphatic carbocycles. The Morgan fingerprint density at radius 3 is 2.52 bits per heavy atom. The van der Waals surface area contributed by atoms with Crippen molar-refractivity contribution in [1.82, 2.24) is 4.90 Å². The molecular weight excluding hydrogens is 257 g/mol. The number of nitrogens with zero attached hydrogens (tertiary/aromatic N) is 2. The molecule has 3 atom stereocenters. The maximum absolute atomic E-state index is 6.74. The van der Waals surface area contributed by atoms with Gasteiger partial charge in [-0.25, -0.2) is 0 Å². The Kier molecular flexibility index (Phi) is 5.40. The standard InChI is InChI=1S/C17H34BN3/c1-12(2)20-16-10-9-14-15(21(16)13(3)4)8-6-5-7-11-17(14,18)19/h12-15H,5-11,18-19H2,1-4H3/b20-16-. The Balaban J connectivity index is 2.32. The van der Waals surface area contributed by atoms with E-state index in [0.717, 1.165) is 6.42 Å². The number of nitrogens with two attached hydrogens (primary N) is 1. The molecule has 0 aromatic heterocycles. The van der Waals surface area contributed by atoms with Gasteiger partial charge in [-0.2, -0.15) is 0 Å². The molecule has 0 aromatic carbocycles. The fourth-order valence-corrected chi connectivity index (χ4v) is 4.43. The zero-order chi connectivity index (χ0) is 15.6. The van der Waals surface area contributed by atoms with Gasteiger partial charge in [-0.3, -0.25) is 4.99 Å². The highest BCUT2D eigenvalue weighted by Gasteiger charge is 2.43. The monoisotopic (exact) mass is 291 g/mol. The van der Waals surface area contributed by atoms with Crippen molar-refractivity contribution >= 4 is 13.7 Å². The number of hydrogen-bond donors (Lipinski definition) is 1. The van der Waals surface area contributed by atoms with Gasteiger partial charge in [-0.05, 0) is 58.3 Å². The van der Waals surface area contributed by atoms with Gasteiger partial charge in [-0.15, -0.1) is 0 Å². The predicted octanol–water partition coefficient (Wildman–Crippen LogP) is 2.53. The van der Waals surface area contributed by atoms with Gasteiger partial charge in [0.2, 0.25) is 0 Å². The number of amidine groups is 1. The molecule has 1 heterocycles. The van der Waals surface area contributed by atoms with Gasteiger partial charge in [0, 0.05) is 24.5 Å². The molecule has 2 fully saturated rings. The lowest BCUT2D eigenvalue weighted by Gasteiger charge is -2.52. The minimum Gasteiger partial charge on any atom is -0.355 e. The van der Waals surface area contributed by atoms with E-state index in [1.807, 2.05) is 0 Å². The molecule has 2 N–H and O–H groups in total. The highest BCUT2D eigenvalue weighted by Crippen LogP contribution is 2.38. The summed E-state index contributed by atoms with van der Waals surface area (Å²) in [5.41, 5.74) is 6.73. The Labute approximate surface area is 132 Å². The van der Waals surface area contributed by atoms with Crippen LogP contribution < -0.4 is 5.73 Å². The molecule has 0 amide bonds. The summed E-state index contributed by atoms with van der Waals surface area (Å²) in [5.74, 6) is 1.95. The first kappa shape index (κ1) is 16.9. The number of hydrogen-bond acceptors (Lipinski definition) is 2. The van der Waals surface area contributed by atoms with E-state index in [9.17, 15) is 0 Å². The summed E-state index contributed by atoms with van der Waals surface area (Å²) in [6.45, 7) is 8.99. The molecule has 2 rings (SSSR count). The second kappa shape index (κ2) is 6.72. The molecule has 0 spiro atoms. The van der Waals surface area contributed by atoms with Crippen molar-refractivity contribution in [1.29, 1.82) is 0 Å². The van der Waals surface area contributed by atoms with Crippen molar-refractivity contribution in [2.45, 2.75) is 96.2 Å². The van der Waals surface area contributed by atoms with Gasteiger partial charge >= 0.3 is 0 Å². The third-order valence-electron chi connectivity index (χ3n) is 5.32. The van der Waals surface area contributed by atoms with E-state index in [1.54, 1.807) is 0 Å². The van der Waals surface area contributed by atoms with Crippen LogP contribution in [0.1, 0.15) is 72.6 Å². The zero-order valence-corrected chi connectivity index (χ0v) is 14.7. The smallest absolute Gasteiger partial charge is 0.127 e. The third-order valence-corrected chi connectivity index (χ3v) is 5.32. The van der Waals surface area contributed by atoms with E-state index in [0.29, 0.717) is 24.0 Å². The molecule has 21 heavy (non-hydrogen) atoms. The molecule has 2 aliphatic rings. The van der Waals surface area contributed by atoms with Crippen molar-refractivity contribution in [3.63, 3.8) is 0 Å². The lowest BCUT2D eigenvalue weighted by atomic mass is 9.59. The fourth-order valence-electron chi connectivity index (χ4n) is 4.43. The summed E-state index contributed by atoms with van der Waals surface area (Å²) in [4.78, 5) is 7.55. The van der Waals surface area contributed by atoms with Gasteiger partial charge in [-0.1, -0.05) is 19.3 Å². The van der Waals surface area contributed by atoms with E-state index in [-0.39, 0.29) is 5.44 Å². The van der Waals surface area contributed by atoms with Crippen LogP contribution in [0.3, 0.4) is 0 Å². The second-order valence-electron chi connectivity index (χ2n) is 7.96. The minimum atomic E-state index is -0.0123. The molecule has 4 heteroatoms. The van der Waals surface area contributed by atoms with E-state index in [4.69, 9.17) is 10.7 Å². The lowest BCUT2D eigenvalue weighted by Crippen LogP contribution is -2.62. The first-order chi connectivity index (χ1) is 9.83. The van der Waals surface area contributed by atoms with Gasteiger partial charge in [0.15, 0.2) is 0 Å². The summed E-state index contributed by atoms with van der Waals surface area (Å²) in [6, 6.07) is 1.49. The summed E-state index contributed by atoms with van der Waals surface area (Å²) in [7, 11) is 2.29. The molecule has 0 bridgehead atoms. The van der Waals surface area contributed by atoms with E-state index < -0.39 is 0 Å². The number of fused-ring (bicyclic) bond motifs is 1. The van der Waals surface area contributed by atoms with E-state index in [2.05, 4.69) is 40.4 Å². The number of rotatable bonds is 2. The average Bonchev–Trinajstić information content (AvgIpc) is 2.35. The molecular formula is C17H34BN3. The number of likely N-dealkylation sites (tertiary alicyclic amines) is 1. The van der Waals surface area contributed by atoms with Crippen LogP contribution in [0, 0.1) is 5.92 Å². The van der Waals surface area contributed by atoms with Crippen molar-refractivity contribution in [3.8, 4) is 0 Å². The molecule has 1 aliphatic heterocycles. The maximum Gasteiger partial charge on any atom is 0.127 e. The maximum atomic E-state index is 6.74. The molecule has 0 radical (unpaired) electrons. The van der Waals surface area contributed by atoms with Crippen LogP contribution in [-0.2, 0) is 0 Å². The van der Waals surface area contributed by atoms with Crippen molar-refractivity contribution in [2.75, 3.05) is 0 Å². The van der Waals surface area contributed by atoms with Crippen molar-refractivity contribution in [3.05, 3.63) is 0 Å². The Morgan fingerprint density at radius 2 is 1.90 bits per heavy atom. The van der Waals surface area contributed by atoms with Crippen LogP contribution in [0.25, 0.3) is 0 Å². The van der Waals surface area contributed by atoms with Crippen LogP contribution in [-0.4, -0.2) is 42.1 Å². The third kappa shape index (κ3) is 3.83. The fraction of sp³-hybridized carbons (Fsp3) is 0.941. The number of piperidine rings is 1. The summed E-state index contributed by atoms with van der Waals surface area (Å²) in [5, 5.41) is 0.